The van der Waals surface area contributed by atoms with Crippen LogP contribution in [-0.2, 0) is 18.3 Å². The lowest BCUT2D eigenvalue weighted by atomic mass is 9.83. The monoisotopic (exact) mass is 289 g/mol. The van der Waals surface area contributed by atoms with Crippen molar-refractivity contribution in [1.82, 2.24) is 24.9 Å². The van der Waals surface area contributed by atoms with E-state index in [1.54, 1.807) is 21.8 Å². The van der Waals surface area contributed by atoms with Gasteiger partial charge in [0.2, 0.25) is 5.91 Å². The molecule has 1 aliphatic carbocycles. The zero-order valence-corrected chi connectivity index (χ0v) is 12.1. The van der Waals surface area contributed by atoms with Gasteiger partial charge < -0.3 is 10.4 Å². The average molecular weight is 289 g/mol. The lowest BCUT2D eigenvalue weighted by Crippen LogP contribution is -2.56. The predicted octanol–water partition coefficient (Wildman–Crippen LogP) is -0.0418. The maximum Gasteiger partial charge on any atom is 0.226 e. The Kier molecular flexibility index (Phi) is 3.50. The van der Waals surface area contributed by atoms with Gasteiger partial charge in [-0.25, -0.2) is 0 Å². The number of aromatic nitrogens is 4. The fraction of sp³-hybridized carbons (Fsp3) is 0.500. The van der Waals surface area contributed by atoms with Gasteiger partial charge in [-0.3, -0.25) is 14.2 Å². The van der Waals surface area contributed by atoms with Crippen LogP contribution < -0.4 is 5.32 Å². The largest absolute Gasteiger partial charge is 0.391 e. The van der Waals surface area contributed by atoms with E-state index in [2.05, 4.69) is 15.5 Å². The van der Waals surface area contributed by atoms with Crippen LogP contribution in [-0.4, -0.2) is 42.7 Å². The van der Waals surface area contributed by atoms with E-state index in [1.807, 2.05) is 26.2 Å². The van der Waals surface area contributed by atoms with Crippen LogP contribution in [0.2, 0.25) is 0 Å². The molecule has 7 heteroatoms. The second-order valence-electron chi connectivity index (χ2n) is 5.59. The number of carbonyl (C=O) groups excluding carboxylic acids is 1. The van der Waals surface area contributed by atoms with Gasteiger partial charge in [-0.05, 0) is 25.0 Å². The van der Waals surface area contributed by atoms with E-state index in [-0.39, 0.29) is 24.4 Å². The summed E-state index contributed by atoms with van der Waals surface area (Å²) < 4.78 is 3.42. The highest BCUT2D eigenvalue weighted by Gasteiger charge is 2.42. The van der Waals surface area contributed by atoms with Crippen LogP contribution in [0, 0.1) is 6.92 Å². The Hall–Kier alpha value is -2.15. The first-order chi connectivity index (χ1) is 10.0. The Balaban J connectivity index is 1.62. The van der Waals surface area contributed by atoms with E-state index in [0.717, 1.165) is 11.3 Å². The van der Waals surface area contributed by atoms with E-state index >= 15 is 0 Å². The molecule has 2 aromatic rings. The fourth-order valence-corrected chi connectivity index (χ4v) is 2.71. The zero-order chi connectivity index (χ0) is 15.0. The molecule has 0 bridgehead atoms. The number of nitrogens with one attached hydrogen (secondary N) is 1. The van der Waals surface area contributed by atoms with Crippen LogP contribution in [0.3, 0.4) is 0 Å². The van der Waals surface area contributed by atoms with Crippen molar-refractivity contribution in [3.05, 3.63) is 35.9 Å². The van der Waals surface area contributed by atoms with Gasteiger partial charge in [0.25, 0.3) is 0 Å². The summed E-state index contributed by atoms with van der Waals surface area (Å²) in [4.78, 5) is 12.1. The molecule has 3 rings (SSSR count). The molecule has 0 unspecified atom stereocenters. The van der Waals surface area contributed by atoms with Gasteiger partial charge in [0, 0.05) is 25.1 Å². The van der Waals surface area contributed by atoms with Gasteiger partial charge in [0.1, 0.15) is 0 Å². The fourth-order valence-electron chi connectivity index (χ4n) is 2.71. The molecule has 3 atom stereocenters. The van der Waals surface area contributed by atoms with E-state index in [9.17, 15) is 9.90 Å². The topological polar surface area (TPSA) is 85.0 Å². The highest BCUT2D eigenvalue weighted by molar-refractivity contribution is 5.78. The minimum absolute atomic E-state index is 0.0654. The quantitative estimate of drug-likeness (QED) is 0.827. The SMILES string of the molecule is Cc1cnn([C@H]2[C@H](O)C[C@@H]2NC(=O)Cc2ccnn2C)c1. The molecule has 1 fully saturated rings. The van der Waals surface area contributed by atoms with Crippen LogP contribution in [0.4, 0.5) is 0 Å². The molecule has 2 heterocycles. The number of hydrogen-bond donors (Lipinski definition) is 2. The lowest BCUT2D eigenvalue weighted by molar-refractivity contribution is -0.124. The number of hydrogen-bond acceptors (Lipinski definition) is 4. The number of aliphatic hydroxyl groups excluding tert-OH is 1. The molecule has 1 aliphatic rings. The summed E-state index contributed by atoms with van der Waals surface area (Å²) in [5.41, 5.74) is 1.90. The van der Waals surface area contributed by atoms with Crippen molar-refractivity contribution in [3.8, 4) is 0 Å². The molecular weight excluding hydrogens is 270 g/mol. The Morgan fingerprint density at radius 2 is 2.33 bits per heavy atom. The van der Waals surface area contributed by atoms with Gasteiger partial charge in [-0.2, -0.15) is 10.2 Å². The summed E-state index contributed by atoms with van der Waals surface area (Å²) in [6.07, 6.45) is 5.68. The molecule has 21 heavy (non-hydrogen) atoms. The van der Waals surface area contributed by atoms with Crippen LogP contribution in [0.5, 0.6) is 0 Å². The summed E-state index contributed by atoms with van der Waals surface area (Å²) in [6.45, 7) is 1.95. The van der Waals surface area contributed by atoms with Crippen molar-refractivity contribution < 1.29 is 9.90 Å². The van der Waals surface area contributed by atoms with E-state index < -0.39 is 6.10 Å². The number of aliphatic hydroxyl groups is 1. The smallest absolute Gasteiger partial charge is 0.226 e. The minimum Gasteiger partial charge on any atom is -0.391 e. The minimum atomic E-state index is -0.466. The number of aryl methyl sites for hydroxylation is 2. The maximum absolute atomic E-state index is 12.1. The number of amides is 1. The second-order valence-corrected chi connectivity index (χ2v) is 5.59. The first-order valence-electron chi connectivity index (χ1n) is 6.99. The highest BCUT2D eigenvalue weighted by Crippen LogP contribution is 2.32. The van der Waals surface area contributed by atoms with Gasteiger partial charge in [0.15, 0.2) is 0 Å². The third-order valence-electron chi connectivity index (χ3n) is 3.95. The number of carbonyl (C=O) groups is 1. The second kappa shape index (κ2) is 5.33. The summed E-state index contributed by atoms with van der Waals surface area (Å²) in [7, 11) is 1.81. The van der Waals surface area contributed by atoms with Crippen LogP contribution in [0.1, 0.15) is 23.7 Å². The van der Waals surface area contributed by atoms with Crippen LogP contribution >= 0.6 is 0 Å². The third-order valence-corrected chi connectivity index (χ3v) is 3.95. The first kappa shape index (κ1) is 13.8. The van der Waals surface area contributed by atoms with E-state index in [1.165, 1.54) is 0 Å². The average Bonchev–Trinajstić information content (AvgIpc) is 2.99. The normalized spacial score (nSPS) is 24.6. The molecule has 112 valence electrons. The molecular formula is C14H19N5O2. The van der Waals surface area contributed by atoms with Crippen molar-refractivity contribution in [2.45, 2.75) is 38.0 Å². The van der Waals surface area contributed by atoms with Crippen LogP contribution in [0.15, 0.2) is 24.7 Å². The van der Waals surface area contributed by atoms with Crippen LogP contribution in [0.25, 0.3) is 0 Å². The first-order valence-corrected chi connectivity index (χ1v) is 6.99. The maximum atomic E-state index is 12.1. The molecule has 0 saturated heterocycles. The number of nitrogens with zero attached hydrogens (tertiary/aromatic N) is 4. The van der Waals surface area contributed by atoms with E-state index in [0.29, 0.717) is 6.42 Å². The predicted molar refractivity (Wildman–Crippen MR) is 75.5 cm³/mol. The Labute approximate surface area is 122 Å². The molecule has 0 aliphatic heterocycles. The van der Waals surface area contributed by atoms with Gasteiger partial charge in [-0.15, -0.1) is 0 Å². The van der Waals surface area contributed by atoms with Gasteiger partial charge in [-0.1, -0.05) is 0 Å². The summed E-state index contributed by atoms with van der Waals surface area (Å²) in [5, 5.41) is 21.2. The molecule has 0 radical (unpaired) electrons. The molecule has 7 nitrogen and oxygen atoms in total. The molecule has 1 amide bonds. The molecule has 0 aromatic carbocycles. The van der Waals surface area contributed by atoms with Crippen molar-refractivity contribution in [1.29, 1.82) is 0 Å². The number of rotatable bonds is 4. The molecule has 0 spiro atoms. The van der Waals surface area contributed by atoms with E-state index in [4.69, 9.17) is 0 Å². The van der Waals surface area contributed by atoms with Crippen molar-refractivity contribution in [2.24, 2.45) is 7.05 Å². The summed E-state index contributed by atoms with van der Waals surface area (Å²) >= 11 is 0. The summed E-state index contributed by atoms with van der Waals surface area (Å²) in [6, 6.07) is 1.55. The zero-order valence-electron chi connectivity index (χ0n) is 12.1. The van der Waals surface area contributed by atoms with Crippen molar-refractivity contribution in [3.63, 3.8) is 0 Å². The Morgan fingerprint density at radius 1 is 1.52 bits per heavy atom. The molecule has 2 aromatic heterocycles. The summed E-state index contributed by atoms with van der Waals surface area (Å²) in [5.74, 6) is -0.0654. The highest BCUT2D eigenvalue weighted by atomic mass is 16.3. The Morgan fingerprint density at radius 3 is 2.90 bits per heavy atom. The van der Waals surface area contributed by atoms with Crippen molar-refractivity contribution in [2.75, 3.05) is 0 Å². The van der Waals surface area contributed by atoms with Crippen molar-refractivity contribution >= 4 is 5.91 Å². The molecule has 2 N–H and O–H groups in total. The third kappa shape index (κ3) is 2.69. The Bertz CT molecular complexity index is 647. The standard InChI is InChI=1S/C14H19N5O2/c1-9-7-16-19(8-9)14-11(6-12(14)20)17-13(21)5-10-3-4-15-18(10)2/h3-4,7-8,11-12,14,20H,5-6H2,1-2H3,(H,17,21)/t11-,12+,14+/m0/s1. The lowest BCUT2D eigenvalue weighted by Gasteiger charge is -2.41. The molecule has 1 saturated carbocycles. The van der Waals surface area contributed by atoms with Gasteiger partial charge in [0.05, 0.1) is 30.8 Å². The van der Waals surface area contributed by atoms with Gasteiger partial charge >= 0.3 is 0 Å².